The second kappa shape index (κ2) is 14.2. The summed E-state index contributed by atoms with van der Waals surface area (Å²) in [6, 6.07) is 27.1. The molecule has 2 unspecified atom stereocenters. The second-order valence-corrected chi connectivity index (χ2v) is 13.6. The number of carbonyl (C=O) groups is 3. The van der Waals surface area contributed by atoms with Crippen molar-refractivity contribution in [1.82, 2.24) is 10.2 Å². The van der Waals surface area contributed by atoms with Crippen LogP contribution in [0.15, 0.2) is 91.0 Å². The molecular weight excluding hydrogens is 574 g/mol. The molecule has 0 spiro atoms. The summed E-state index contributed by atoms with van der Waals surface area (Å²) in [7, 11) is 0. The van der Waals surface area contributed by atoms with Crippen molar-refractivity contribution in [2.45, 2.75) is 91.5 Å². The predicted octanol–water partition coefficient (Wildman–Crippen LogP) is 8.29. The molecule has 2 atom stereocenters. The molecular formula is C39H47N3O4. The highest BCUT2D eigenvalue weighted by Gasteiger charge is 2.43. The molecule has 0 aromatic heterocycles. The molecule has 0 fully saturated rings. The number of carbonyl (C=O) groups excluding carboxylic acids is 3. The average molecular weight is 622 g/mol. The zero-order chi connectivity index (χ0) is 33.6. The van der Waals surface area contributed by atoms with Gasteiger partial charge in [-0.15, -0.1) is 0 Å². The SMILES string of the molecule is CCC(C)(C)N(C(=O)C(Cc1ccccc1)NC(=O)OC(C)(C)C)C(C(=O)Nc1ccc2ccccc2c1)c1ccc(C)c(C)c1. The second-order valence-electron chi connectivity index (χ2n) is 13.6. The molecule has 0 aliphatic carbocycles. The molecule has 0 saturated heterocycles. The third-order valence-electron chi connectivity index (χ3n) is 8.40. The molecule has 0 aliphatic rings. The Morgan fingerprint density at radius 2 is 1.43 bits per heavy atom. The van der Waals surface area contributed by atoms with Crippen LogP contribution in [-0.4, -0.2) is 40.0 Å². The molecule has 0 heterocycles. The van der Waals surface area contributed by atoms with Gasteiger partial charge >= 0.3 is 6.09 Å². The van der Waals surface area contributed by atoms with E-state index >= 15 is 0 Å². The van der Waals surface area contributed by atoms with Crippen LogP contribution in [0.2, 0.25) is 0 Å². The molecule has 4 aromatic carbocycles. The van der Waals surface area contributed by atoms with Gasteiger partial charge in [0.25, 0.3) is 5.91 Å². The number of hydrogen-bond donors (Lipinski definition) is 2. The minimum absolute atomic E-state index is 0.223. The van der Waals surface area contributed by atoms with E-state index in [1.54, 1.807) is 25.7 Å². The summed E-state index contributed by atoms with van der Waals surface area (Å²) in [4.78, 5) is 44.2. The van der Waals surface area contributed by atoms with E-state index < -0.39 is 29.3 Å². The number of alkyl carbamates (subject to hydrolysis) is 1. The molecule has 3 amide bonds. The van der Waals surface area contributed by atoms with Gasteiger partial charge in [0.15, 0.2) is 0 Å². The van der Waals surface area contributed by atoms with E-state index in [1.807, 2.05) is 126 Å². The van der Waals surface area contributed by atoms with Crippen LogP contribution >= 0.6 is 0 Å². The maximum Gasteiger partial charge on any atom is 0.408 e. The topological polar surface area (TPSA) is 87.7 Å². The Hall–Kier alpha value is -4.65. The van der Waals surface area contributed by atoms with Gasteiger partial charge in [0.1, 0.15) is 17.7 Å². The summed E-state index contributed by atoms with van der Waals surface area (Å²) in [5, 5.41) is 8.02. The zero-order valence-corrected chi connectivity index (χ0v) is 28.3. The molecule has 0 saturated carbocycles. The Labute approximate surface area is 273 Å². The van der Waals surface area contributed by atoms with Crippen molar-refractivity contribution >= 4 is 34.4 Å². The minimum Gasteiger partial charge on any atom is -0.444 e. The lowest BCUT2D eigenvalue weighted by Crippen LogP contribution is -2.59. The van der Waals surface area contributed by atoms with Crippen molar-refractivity contribution in [3.8, 4) is 0 Å². The first-order valence-corrected chi connectivity index (χ1v) is 15.9. The summed E-state index contributed by atoms with van der Waals surface area (Å²) < 4.78 is 5.58. The number of anilines is 1. The largest absolute Gasteiger partial charge is 0.444 e. The molecule has 7 heteroatoms. The number of ether oxygens (including phenoxy) is 1. The van der Waals surface area contributed by atoms with Gasteiger partial charge < -0.3 is 20.3 Å². The predicted molar refractivity (Wildman–Crippen MR) is 186 cm³/mol. The third kappa shape index (κ3) is 8.53. The van der Waals surface area contributed by atoms with E-state index in [0.717, 1.165) is 27.5 Å². The minimum atomic E-state index is -0.995. The van der Waals surface area contributed by atoms with E-state index in [2.05, 4.69) is 10.6 Å². The highest BCUT2D eigenvalue weighted by atomic mass is 16.6. The molecule has 4 aromatic rings. The van der Waals surface area contributed by atoms with Gasteiger partial charge in [-0.05, 0) is 100 Å². The fourth-order valence-electron chi connectivity index (χ4n) is 5.44. The number of nitrogens with zero attached hydrogens (tertiary/aromatic N) is 1. The maximum atomic E-state index is 14.9. The van der Waals surface area contributed by atoms with Gasteiger partial charge in [0.2, 0.25) is 5.91 Å². The molecule has 0 radical (unpaired) electrons. The van der Waals surface area contributed by atoms with Gasteiger partial charge in [-0.3, -0.25) is 9.59 Å². The Morgan fingerprint density at radius 3 is 2.07 bits per heavy atom. The quantitative estimate of drug-likeness (QED) is 0.187. The van der Waals surface area contributed by atoms with E-state index in [4.69, 9.17) is 4.74 Å². The Morgan fingerprint density at radius 1 is 0.783 bits per heavy atom. The van der Waals surface area contributed by atoms with Gasteiger partial charge in [0, 0.05) is 17.6 Å². The van der Waals surface area contributed by atoms with Gasteiger partial charge in [-0.25, -0.2) is 4.79 Å². The summed E-state index contributed by atoms with van der Waals surface area (Å²) in [6.45, 7) is 15.2. The summed E-state index contributed by atoms with van der Waals surface area (Å²) in [5.41, 5.74) is 2.75. The Balaban J connectivity index is 1.82. The van der Waals surface area contributed by atoms with Crippen molar-refractivity contribution in [3.05, 3.63) is 113 Å². The summed E-state index contributed by atoms with van der Waals surface area (Å²) in [5.74, 6) is -0.720. The Bertz CT molecular complexity index is 1690. The van der Waals surface area contributed by atoms with Crippen molar-refractivity contribution in [2.75, 3.05) is 5.32 Å². The first kappa shape index (κ1) is 34.2. The maximum absolute atomic E-state index is 14.9. The number of nitrogens with one attached hydrogen (secondary N) is 2. The number of amides is 3. The van der Waals surface area contributed by atoms with Gasteiger partial charge in [-0.2, -0.15) is 0 Å². The molecule has 46 heavy (non-hydrogen) atoms. The number of fused-ring (bicyclic) bond motifs is 1. The van der Waals surface area contributed by atoms with Crippen molar-refractivity contribution in [3.63, 3.8) is 0 Å². The third-order valence-corrected chi connectivity index (χ3v) is 8.40. The van der Waals surface area contributed by atoms with Crippen molar-refractivity contribution < 1.29 is 19.1 Å². The number of aryl methyl sites for hydroxylation is 2. The number of rotatable bonds is 10. The monoisotopic (exact) mass is 621 g/mol. The molecule has 2 N–H and O–H groups in total. The highest BCUT2D eigenvalue weighted by molar-refractivity contribution is 6.00. The molecule has 7 nitrogen and oxygen atoms in total. The van der Waals surface area contributed by atoms with Crippen LogP contribution in [0.5, 0.6) is 0 Å². The molecule has 0 bridgehead atoms. The zero-order valence-electron chi connectivity index (χ0n) is 28.3. The lowest BCUT2D eigenvalue weighted by Gasteiger charge is -2.44. The normalized spacial score (nSPS) is 13.0. The van der Waals surface area contributed by atoms with Crippen molar-refractivity contribution in [2.24, 2.45) is 0 Å². The standard InChI is InChI=1S/C39H47N3O4/c1-9-39(7,8)42(36(44)33(24-28-15-11-10-12-16-28)41-37(45)46-38(4,5)6)34(31-20-19-26(2)27(3)23-31)35(43)40-32-22-21-29-17-13-14-18-30(29)25-32/h10-23,25,33-34H,9,24H2,1-8H3,(H,40,43)(H,41,45). The van der Waals surface area contributed by atoms with Crippen LogP contribution in [0.3, 0.4) is 0 Å². The summed E-state index contributed by atoms with van der Waals surface area (Å²) >= 11 is 0. The van der Waals surface area contributed by atoms with Crippen LogP contribution < -0.4 is 10.6 Å². The number of hydrogen-bond acceptors (Lipinski definition) is 4. The average Bonchev–Trinajstić information content (AvgIpc) is 3.00. The van der Waals surface area contributed by atoms with E-state index in [0.29, 0.717) is 17.7 Å². The van der Waals surface area contributed by atoms with Gasteiger partial charge in [0.05, 0.1) is 0 Å². The molecule has 0 aliphatic heterocycles. The van der Waals surface area contributed by atoms with Gasteiger partial charge in [-0.1, -0.05) is 85.8 Å². The van der Waals surface area contributed by atoms with E-state index in [9.17, 15) is 14.4 Å². The van der Waals surface area contributed by atoms with Crippen LogP contribution in [0.25, 0.3) is 10.8 Å². The Kier molecular flexibility index (Phi) is 10.6. The van der Waals surface area contributed by atoms with Crippen LogP contribution in [0.4, 0.5) is 10.5 Å². The highest BCUT2D eigenvalue weighted by Crippen LogP contribution is 2.34. The first-order valence-electron chi connectivity index (χ1n) is 15.9. The van der Waals surface area contributed by atoms with Crippen molar-refractivity contribution in [1.29, 1.82) is 0 Å². The summed E-state index contributed by atoms with van der Waals surface area (Å²) in [6.07, 6.45) is 0.0917. The lowest BCUT2D eigenvalue weighted by molar-refractivity contribution is -0.147. The molecule has 242 valence electrons. The fourth-order valence-corrected chi connectivity index (χ4v) is 5.44. The van der Waals surface area contributed by atoms with Crippen LogP contribution in [0.1, 0.15) is 76.3 Å². The van der Waals surface area contributed by atoms with Crippen LogP contribution in [0, 0.1) is 13.8 Å². The first-order chi connectivity index (χ1) is 21.7. The lowest BCUT2D eigenvalue weighted by atomic mass is 9.90. The van der Waals surface area contributed by atoms with E-state index in [-0.39, 0.29) is 18.2 Å². The van der Waals surface area contributed by atoms with E-state index in [1.165, 1.54) is 0 Å². The number of benzene rings is 4. The fraction of sp³-hybridized carbons (Fsp3) is 0.359. The molecule has 4 rings (SSSR count). The smallest absolute Gasteiger partial charge is 0.408 e. The van der Waals surface area contributed by atoms with Crippen LogP contribution in [-0.2, 0) is 20.7 Å².